The fourth-order valence-corrected chi connectivity index (χ4v) is 3.84. The van der Waals surface area contributed by atoms with Gasteiger partial charge in [0.25, 0.3) is 5.91 Å². The highest BCUT2D eigenvalue weighted by Crippen LogP contribution is 2.35. The Morgan fingerprint density at radius 2 is 1.93 bits per heavy atom. The van der Waals surface area contributed by atoms with Crippen LogP contribution in [0.3, 0.4) is 0 Å². The number of aryl methyl sites for hydroxylation is 1. The standard InChI is InChI=1S/C21H14B2FN5O/c1-28-11-16-14(6-8-26-19(16)27-28)12-4-5-13(17(24)9-12)10-29-20(30)15-3-2-7-25-18(15)21(29,22)23/h2-9,11H,10H2,1H3. The van der Waals surface area contributed by atoms with Gasteiger partial charge in [-0.3, -0.25) is 14.5 Å². The molecule has 0 bridgehead atoms. The van der Waals surface area contributed by atoms with E-state index in [2.05, 4.69) is 15.1 Å². The Labute approximate surface area is 174 Å². The number of benzene rings is 1. The number of aromatic nitrogens is 4. The van der Waals surface area contributed by atoms with E-state index < -0.39 is 11.2 Å². The first-order chi connectivity index (χ1) is 14.4. The number of fused-ring (bicyclic) bond motifs is 2. The van der Waals surface area contributed by atoms with Crippen LogP contribution in [-0.2, 0) is 18.9 Å². The molecule has 6 nitrogen and oxygen atoms in total. The Hall–Kier alpha value is -3.48. The number of pyridine rings is 2. The van der Waals surface area contributed by atoms with Crippen molar-refractivity contribution in [3.05, 3.63) is 77.6 Å². The molecule has 0 spiro atoms. The molecular weight excluding hydrogens is 379 g/mol. The van der Waals surface area contributed by atoms with Crippen LogP contribution in [-0.4, -0.2) is 46.2 Å². The first kappa shape index (κ1) is 18.5. The van der Waals surface area contributed by atoms with Crippen molar-refractivity contribution in [2.24, 2.45) is 7.05 Å². The van der Waals surface area contributed by atoms with Gasteiger partial charge in [-0.25, -0.2) is 9.37 Å². The van der Waals surface area contributed by atoms with E-state index in [-0.39, 0.29) is 18.1 Å². The lowest BCUT2D eigenvalue weighted by Crippen LogP contribution is -2.44. The summed E-state index contributed by atoms with van der Waals surface area (Å²) < 4.78 is 16.7. The fourth-order valence-electron chi connectivity index (χ4n) is 3.84. The average Bonchev–Trinajstić information content (AvgIpc) is 3.19. The van der Waals surface area contributed by atoms with Crippen molar-refractivity contribution >= 4 is 32.6 Å². The van der Waals surface area contributed by atoms with Gasteiger partial charge in [0.1, 0.15) is 5.82 Å². The van der Waals surface area contributed by atoms with E-state index in [9.17, 15) is 4.79 Å². The molecule has 4 aromatic rings. The van der Waals surface area contributed by atoms with Crippen LogP contribution in [0.25, 0.3) is 22.2 Å². The van der Waals surface area contributed by atoms with Gasteiger partial charge in [-0.1, -0.05) is 12.1 Å². The number of hydrogen-bond acceptors (Lipinski definition) is 4. The van der Waals surface area contributed by atoms with Crippen molar-refractivity contribution in [1.82, 2.24) is 24.6 Å². The van der Waals surface area contributed by atoms with Crippen LogP contribution in [0, 0.1) is 5.82 Å². The van der Waals surface area contributed by atoms with E-state index in [1.807, 2.05) is 12.3 Å². The maximum absolute atomic E-state index is 15.0. The van der Waals surface area contributed by atoms with E-state index >= 15 is 4.39 Å². The third kappa shape index (κ3) is 2.73. The fraction of sp³-hybridized carbons (Fsp3) is 0.143. The molecule has 1 amide bonds. The molecule has 4 radical (unpaired) electrons. The summed E-state index contributed by atoms with van der Waals surface area (Å²) in [5.74, 6) is -0.841. The van der Waals surface area contributed by atoms with Gasteiger partial charge in [0.05, 0.1) is 26.9 Å². The smallest absolute Gasteiger partial charge is 0.255 e. The van der Waals surface area contributed by atoms with Crippen molar-refractivity contribution in [1.29, 1.82) is 0 Å². The van der Waals surface area contributed by atoms with Crippen LogP contribution in [0.2, 0.25) is 0 Å². The van der Waals surface area contributed by atoms with Crippen LogP contribution < -0.4 is 0 Å². The Kier molecular flexibility index (Phi) is 4.03. The molecule has 0 unspecified atom stereocenters. The number of amides is 1. The summed E-state index contributed by atoms with van der Waals surface area (Å²) in [6.45, 7) is -0.0764. The highest BCUT2D eigenvalue weighted by Gasteiger charge is 2.43. The van der Waals surface area contributed by atoms with Crippen molar-refractivity contribution in [3.8, 4) is 11.1 Å². The van der Waals surface area contributed by atoms with Gasteiger partial charge >= 0.3 is 0 Å². The number of nitrogens with zero attached hydrogens (tertiary/aromatic N) is 5. The molecule has 0 fully saturated rings. The third-order valence-electron chi connectivity index (χ3n) is 5.34. The molecule has 4 heterocycles. The highest BCUT2D eigenvalue weighted by atomic mass is 19.1. The SMILES string of the molecule is [B]C1([B])c2ncccc2C(=O)N1Cc1ccc(-c2ccnc3nn(C)cc23)cc1F. The van der Waals surface area contributed by atoms with E-state index in [0.717, 1.165) is 10.9 Å². The van der Waals surface area contributed by atoms with E-state index in [0.29, 0.717) is 22.3 Å². The van der Waals surface area contributed by atoms with Crippen molar-refractivity contribution in [2.75, 3.05) is 0 Å². The zero-order chi connectivity index (χ0) is 21.0. The molecule has 30 heavy (non-hydrogen) atoms. The highest BCUT2D eigenvalue weighted by molar-refractivity contribution is 6.42. The van der Waals surface area contributed by atoms with Crippen molar-refractivity contribution in [2.45, 2.75) is 11.9 Å². The Balaban J connectivity index is 1.50. The second-order valence-corrected chi connectivity index (χ2v) is 7.32. The van der Waals surface area contributed by atoms with Gasteiger partial charge in [-0.2, -0.15) is 5.10 Å². The molecule has 0 saturated heterocycles. The van der Waals surface area contributed by atoms with Crippen LogP contribution in [0.5, 0.6) is 0 Å². The van der Waals surface area contributed by atoms with Gasteiger partial charge in [0.2, 0.25) is 0 Å². The van der Waals surface area contributed by atoms with Crippen molar-refractivity contribution < 1.29 is 9.18 Å². The third-order valence-corrected chi connectivity index (χ3v) is 5.34. The molecule has 1 aromatic carbocycles. The summed E-state index contributed by atoms with van der Waals surface area (Å²) in [6.07, 6.45) is 5.00. The monoisotopic (exact) mass is 393 g/mol. The molecular formula is C21H14B2FN5O. The summed E-state index contributed by atoms with van der Waals surface area (Å²) in [5, 5.41) is 3.51. The molecule has 1 aliphatic rings. The predicted octanol–water partition coefficient (Wildman–Crippen LogP) is 2.27. The quantitative estimate of drug-likeness (QED) is 0.502. The first-order valence-electron chi connectivity index (χ1n) is 9.28. The van der Waals surface area contributed by atoms with E-state index in [1.54, 1.807) is 42.2 Å². The van der Waals surface area contributed by atoms with Crippen molar-refractivity contribution in [3.63, 3.8) is 0 Å². The molecule has 0 atom stereocenters. The normalized spacial score (nSPS) is 15.0. The largest absolute Gasteiger partial charge is 0.340 e. The van der Waals surface area contributed by atoms with E-state index in [4.69, 9.17) is 15.7 Å². The van der Waals surface area contributed by atoms with Gasteiger partial charge in [0, 0.05) is 48.5 Å². The number of rotatable bonds is 3. The summed E-state index contributed by atoms with van der Waals surface area (Å²) in [4.78, 5) is 22.4. The van der Waals surface area contributed by atoms with E-state index in [1.165, 1.54) is 17.2 Å². The summed E-state index contributed by atoms with van der Waals surface area (Å²) in [6, 6.07) is 9.92. The molecule has 0 aliphatic carbocycles. The second-order valence-electron chi connectivity index (χ2n) is 7.32. The predicted molar refractivity (Wildman–Crippen MR) is 111 cm³/mol. The molecule has 0 saturated carbocycles. The zero-order valence-corrected chi connectivity index (χ0v) is 16.1. The first-order valence-corrected chi connectivity index (χ1v) is 9.28. The number of hydrogen-bond donors (Lipinski definition) is 0. The molecule has 142 valence electrons. The van der Waals surface area contributed by atoms with Crippen LogP contribution >= 0.6 is 0 Å². The maximum atomic E-state index is 15.0. The molecule has 0 N–H and O–H groups in total. The summed E-state index contributed by atoms with van der Waals surface area (Å²) in [7, 11) is 14.2. The Morgan fingerprint density at radius 1 is 1.10 bits per heavy atom. The minimum absolute atomic E-state index is 0.0764. The van der Waals surface area contributed by atoms with Gasteiger partial charge in [-0.05, 0) is 35.4 Å². The van der Waals surface area contributed by atoms with Crippen LogP contribution in [0.1, 0.15) is 21.6 Å². The molecule has 1 aliphatic heterocycles. The minimum Gasteiger partial charge on any atom is -0.340 e. The lowest BCUT2D eigenvalue weighted by Gasteiger charge is -2.33. The zero-order valence-electron chi connectivity index (χ0n) is 16.1. The van der Waals surface area contributed by atoms with Gasteiger partial charge in [-0.15, -0.1) is 0 Å². The maximum Gasteiger partial charge on any atom is 0.255 e. The van der Waals surface area contributed by atoms with Gasteiger partial charge < -0.3 is 4.90 Å². The van der Waals surface area contributed by atoms with Crippen LogP contribution in [0.15, 0.2) is 55.0 Å². The summed E-state index contributed by atoms with van der Waals surface area (Å²) >= 11 is 0. The second kappa shape index (κ2) is 6.52. The van der Waals surface area contributed by atoms with Crippen LogP contribution in [0.4, 0.5) is 4.39 Å². The van der Waals surface area contributed by atoms with Gasteiger partial charge in [0.15, 0.2) is 5.65 Å². The Bertz CT molecular complexity index is 1320. The molecule has 3 aromatic heterocycles. The summed E-state index contributed by atoms with van der Waals surface area (Å²) in [5.41, 5.74) is 3.00. The molecule has 9 heteroatoms. The lowest BCUT2D eigenvalue weighted by molar-refractivity contribution is 0.0729. The average molecular weight is 393 g/mol. The lowest BCUT2D eigenvalue weighted by atomic mass is 9.59. The minimum atomic E-state index is -1.61. The molecule has 5 rings (SSSR count). The Morgan fingerprint density at radius 3 is 2.70 bits per heavy atom. The number of carbonyl (C=O) groups excluding carboxylic acids is 1. The topological polar surface area (TPSA) is 63.9 Å². The number of halogens is 1. The number of carbonyl (C=O) groups is 1.